The van der Waals surface area contributed by atoms with Crippen molar-refractivity contribution in [3.05, 3.63) is 52.2 Å². The molecule has 100 valence electrons. The number of aromatic nitrogens is 2. The number of nitrogens with zero attached hydrogens (tertiary/aromatic N) is 1. The summed E-state index contributed by atoms with van der Waals surface area (Å²) in [5.41, 5.74) is -0.109. The Morgan fingerprint density at radius 1 is 1.42 bits per heavy atom. The van der Waals surface area contributed by atoms with E-state index in [0.29, 0.717) is 0 Å². The molecule has 2 aromatic rings. The van der Waals surface area contributed by atoms with E-state index in [-0.39, 0.29) is 24.3 Å². The number of nitrogens with one attached hydrogen (secondary N) is 1. The van der Waals surface area contributed by atoms with Gasteiger partial charge in [0, 0.05) is 11.8 Å². The lowest BCUT2D eigenvalue weighted by molar-refractivity contribution is -0.142. The average Bonchev–Trinajstić information content (AvgIpc) is 2.72. The van der Waals surface area contributed by atoms with Crippen molar-refractivity contribution in [1.29, 1.82) is 0 Å². The maximum atomic E-state index is 13.6. The highest BCUT2D eigenvalue weighted by molar-refractivity contribution is 5.72. The second kappa shape index (κ2) is 5.51. The van der Waals surface area contributed by atoms with Crippen LogP contribution in [-0.4, -0.2) is 22.4 Å². The lowest BCUT2D eigenvalue weighted by Crippen LogP contribution is -2.20. The molecule has 1 heterocycles. The van der Waals surface area contributed by atoms with E-state index in [2.05, 4.69) is 5.10 Å². The molecule has 0 saturated carbocycles. The van der Waals surface area contributed by atoms with Crippen molar-refractivity contribution in [1.82, 2.24) is 9.78 Å². The van der Waals surface area contributed by atoms with E-state index in [0.717, 1.165) is 4.68 Å². The number of halogens is 1. The van der Waals surface area contributed by atoms with Gasteiger partial charge in [-0.1, -0.05) is 12.1 Å². The predicted molar refractivity (Wildman–Crippen MR) is 66.7 cm³/mol. The summed E-state index contributed by atoms with van der Waals surface area (Å²) < 4.78 is 19.4. The second-order valence-corrected chi connectivity index (χ2v) is 3.87. The maximum Gasteiger partial charge on any atom is 0.310 e. The Hall–Kier alpha value is -2.37. The maximum absolute atomic E-state index is 13.6. The molecular formula is C13H13FN2O3. The summed E-state index contributed by atoms with van der Waals surface area (Å²) >= 11 is 0. The highest BCUT2D eigenvalue weighted by Crippen LogP contribution is 2.09. The number of benzene rings is 1. The summed E-state index contributed by atoms with van der Waals surface area (Å²) in [5.74, 6) is -1.01. The van der Waals surface area contributed by atoms with Gasteiger partial charge in [0.1, 0.15) is 11.5 Å². The third-order valence-corrected chi connectivity index (χ3v) is 2.58. The summed E-state index contributed by atoms with van der Waals surface area (Å²) in [6.07, 6.45) is 1.25. The number of carbonyl (C=O) groups excluding carboxylic acids is 1. The monoisotopic (exact) mass is 264 g/mol. The summed E-state index contributed by atoms with van der Waals surface area (Å²) in [7, 11) is 0. The first kappa shape index (κ1) is 13.1. The Labute approximate surface area is 108 Å². The van der Waals surface area contributed by atoms with Crippen LogP contribution in [0.15, 0.2) is 35.3 Å². The fourth-order valence-corrected chi connectivity index (χ4v) is 1.71. The zero-order valence-corrected chi connectivity index (χ0v) is 10.4. The molecule has 0 bridgehead atoms. The molecule has 1 aromatic carbocycles. The first-order valence-electron chi connectivity index (χ1n) is 5.83. The number of esters is 1. The van der Waals surface area contributed by atoms with Crippen molar-refractivity contribution in [3.63, 3.8) is 0 Å². The number of hydrogen-bond acceptors (Lipinski definition) is 3. The summed E-state index contributed by atoms with van der Waals surface area (Å²) in [6, 6.07) is 5.89. The molecular weight excluding hydrogens is 251 g/mol. The first-order valence-corrected chi connectivity index (χ1v) is 5.83. The number of carbonyl (C=O) groups is 1. The topological polar surface area (TPSA) is 64.1 Å². The quantitative estimate of drug-likeness (QED) is 0.849. The van der Waals surface area contributed by atoms with Crippen molar-refractivity contribution in [2.24, 2.45) is 0 Å². The van der Waals surface area contributed by atoms with Gasteiger partial charge < -0.3 is 4.74 Å². The molecule has 5 nitrogen and oxygen atoms in total. The molecule has 1 aromatic heterocycles. The second-order valence-electron chi connectivity index (χ2n) is 3.87. The number of hydrogen-bond donors (Lipinski definition) is 1. The van der Waals surface area contributed by atoms with Crippen LogP contribution < -0.4 is 5.56 Å². The third-order valence-electron chi connectivity index (χ3n) is 2.58. The minimum atomic E-state index is -0.519. The molecule has 1 N–H and O–H groups in total. The van der Waals surface area contributed by atoms with Crippen molar-refractivity contribution >= 4 is 5.97 Å². The van der Waals surface area contributed by atoms with Crippen LogP contribution in [0.25, 0.3) is 5.69 Å². The first-order chi connectivity index (χ1) is 9.13. The van der Waals surface area contributed by atoms with Gasteiger partial charge in [0.25, 0.3) is 5.56 Å². The number of aromatic amines is 1. The summed E-state index contributed by atoms with van der Waals surface area (Å²) in [5, 5.41) is 2.64. The van der Waals surface area contributed by atoms with Gasteiger partial charge in [-0.15, -0.1) is 0 Å². The van der Waals surface area contributed by atoms with E-state index in [1.165, 1.54) is 24.4 Å². The van der Waals surface area contributed by atoms with E-state index < -0.39 is 17.3 Å². The van der Waals surface area contributed by atoms with Crippen LogP contribution in [0.1, 0.15) is 12.5 Å². The highest BCUT2D eigenvalue weighted by atomic mass is 19.1. The van der Waals surface area contributed by atoms with Crippen molar-refractivity contribution in [3.8, 4) is 5.69 Å². The molecule has 0 radical (unpaired) electrons. The van der Waals surface area contributed by atoms with Crippen LogP contribution in [-0.2, 0) is 16.0 Å². The molecule has 0 aliphatic heterocycles. The molecule has 0 unspecified atom stereocenters. The Morgan fingerprint density at radius 2 is 2.16 bits per heavy atom. The summed E-state index contributed by atoms with van der Waals surface area (Å²) in [4.78, 5) is 23.3. The van der Waals surface area contributed by atoms with Gasteiger partial charge in [0.15, 0.2) is 0 Å². The van der Waals surface area contributed by atoms with E-state index in [1.807, 2.05) is 0 Å². The third kappa shape index (κ3) is 2.73. The normalized spacial score (nSPS) is 10.4. The van der Waals surface area contributed by atoms with Crippen LogP contribution in [0, 0.1) is 5.82 Å². The Balaban J connectivity index is 2.31. The molecule has 0 amide bonds. The molecule has 0 saturated heterocycles. The van der Waals surface area contributed by atoms with E-state index in [9.17, 15) is 14.0 Å². The van der Waals surface area contributed by atoms with Gasteiger partial charge in [0.05, 0.1) is 13.0 Å². The van der Waals surface area contributed by atoms with Gasteiger partial charge in [-0.05, 0) is 19.1 Å². The lowest BCUT2D eigenvalue weighted by atomic mass is 10.2. The van der Waals surface area contributed by atoms with Crippen LogP contribution >= 0.6 is 0 Å². The van der Waals surface area contributed by atoms with E-state index >= 15 is 0 Å². The van der Waals surface area contributed by atoms with Gasteiger partial charge in [-0.2, -0.15) is 0 Å². The van der Waals surface area contributed by atoms with Crippen molar-refractivity contribution in [2.75, 3.05) is 6.61 Å². The fourth-order valence-electron chi connectivity index (χ4n) is 1.71. The Kier molecular flexibility index (Phi) is 3.79. The number of ether oxygens (including phenoxy) is 1. The average molecular weight is 264 g/mol. The van der Waals surface area contributed by atoms with Crippen LogP contribution in [0.5, 0.6) is 0 Å². The molecule has 0 aliphatic carbocycles. The van der Waals surface area contributed by atoms with Crippen LogP contribution in [0.4, 0.5) is 4.39 Å². The van der Waals surface area contributed by atoms with Gasteiger partial charge in [-0.3, -0.25) is 14.7 Å². The zero-order valence-electron chi connectivity index (χ0n) is 10.4. The smallest absolute Gasteiger partial charge is 0.310 e. The van der Waals surface area contributed by atoms with Gasteiger partial charge >= 0.3 is 5.97 Å². The lowest BCUT2D eigenvalue weighted by Gasteiger charge is -2.02. The zero-order chi connectivity index (χ0) is 13.8. The van der Waals surface area contributed by atoms with Crippen LogP contribution in [0.2, 0.25) is 0 Å². The van der Waals surface area contributed by atoms with E-state index in [4.69, 9.17) is 4.74 Å². The summed E-state index contributed by atoms with van der Waals surface area (Å²) in [6.45, 7) is 1.94. The molecule has 2 rings (SSSR count). The molecule has 19 heavy (non-hydrogen) atoms. The number of para-hydroxylation sites is 1. The minimum absolute atomic E-state index is 0.114. The van der Waals surface area contributed by atoms with Crippen molar-refractivity contribution in [2.45, 2.75) is 13.3 Å². The molecule has 0 spiro atoms. The van der Waals surface area contributed by atoms with E-state index in [1.54, 1.807) is 13.0 Å². The molecule has 0 fully saturated rings. The number of rotatable bonds is 4. The minimum Gasteiger partial charge on any atom is -0.466 e. The fraction of sp³-hybridized carbons (Fsp3) is 0.231. The molecule has 0 aliphatic rings. The molecule has 0 atom stereocenters. The van der Waals surface area contributed by atoms with Crippen LogP contribution in [0.3, 0.4) is 0 Å². The Morgan fingerprint density at radius 3 is 2.84 bits per heavy atom. The predicted octanol–water partition coefficient (Wildman–Crippen LogP) is 1.41. The largest absolute Gasteiger partial charge is 0.466 e. The van der Waals surface area contributed by atoms with Crippen molar-refractivity contribution < 1.29 is 13.9 Å². The molecule has 6 heteroatoms. The SMILES string of the molecule is CCOC(=O)Cc1c[nH]n(-c2ccccc2F)c1=O. The number of H-pyrrole nitrogens is 1. The van der Waals surface area contributed by atoms with Gasteiger partial charge in [-0.25, -0.2) is 9.07 Å². The standard InChI is InChI=1S/C13H13FN2O3/c1-2-19-12(17)7-9-8-15-16(13(9)18)11-6-4-3-5-10(11)14/h3-6,8,15H,2,7H2,1H3. The highest BCUT2D eigenvalue weighted by Gasteiger charge is 2.14. The van der Waals surface area contributed by atoms with Gasteiger partial charge in [0.2, 0.25) is 0 Å². The Bertz CT molecular complexity index is 645.